The van der Waals surface area contributed by atoms with Crippen molar-refractivity contribution in [1.29, 1.82) is 10.8 Å². The van der Waals surface area contributed by atoms with Crippen molar-refractivity contribution in [1.82, 2.24) is 14.5 Å². The van der Waals surface area contributed by atoms with Gasteiger partial charge in [0.1, 0.15) is 6.04 Å². The van der Waals surface area contributed by atoms with Crippen LogP contribution in [0.5, 0.6) is 0 Å². The molecule has 1 saturated heterocycles. The highest BCUT2D eigenvalue weighted by Gasteiger charge is 2.40. The Morgan fingerprint density at radius 2 is 1.61 bits per heavy atom. The Morgan fingerprint density at radius 3 is 1.82 bits per heavy atom. The van der Waals surface area contributed by atoms with E-state index in [0.717, 1.165) is 11.9 Å². The van der Waals surface area contributed by atoms with Crippen LogP contribution in [0.2, 0.25) is 0 Å². The van der Waals surface area contributed by atoms with Crippen LogP contribution in [0, 0.1) is 10.8 Å². The van der Waals surface area contributed by atoms with Gasteiger partial charge in [-0.15, -0.1) is 0 Å². The molecule has 1 fully saturated rings. The third-order valence-corrected chi connectivity index (χ3v) is 5.72. The monoisotopic (exact) mass is 448 g/mol. The Kier molecular flexibility index (Phi) is 8.58. The van der Waals surface area contributed by atoms with E-state index in [1.54, 1.807) is 0 Å². The average molecular weight is 448 g/mol. The Morgan fingerprint density at radius 1 is 1.14 bits per heavy atom. The number of carboxylic acids is 2. The van der Waals surface area contributed by atoms with E-state index < -0.39 is 51.0 Å². The van der Waals surface area contributed by atoms with Crippen molar-refractivity contribution >= 4 is 39.2 Å². The highest BCUT2D eigenvalue weighted by molar-refractivity contribution is 7.53. The van der Waals surface area contributed by atoms with Crippen molar-refractivity contribution in [2.45, 2.75) is 18.7 Å². The second-order valence-corrected chi connectivity index (χ2v) is 8.64. The topological polar surface area (TPSA) is 273 Å². The maximum atomic E-state index is 10.9. The van der Waals surface area contributed by atoms with Crippen LogP contribution in [0.1, 0.15) is 6.92 Å². The van der Waals surface area contributed by atoms with Crippen LogP contribution < -0.4 is 5.73 Å². The number of guanidine groups is 2. The van der Waals surface area contributed by atoms with Crippen molar-refractivity contribution in [3.8, 4) is 0 Å². The standard InChI is InChI=1S/C6H12N3O5P.C4H10N3O5P/c1-4(5(10)11)8-2-3-9(6(8)7)15(12,13)14;1-7(4(5)6)2(3(8)9)13(10,11)12/h4,7H,2-3H2,1H3,(H,10,11)(H2,12,13,14);2H,1H3,(H3,5,6)(H,8,9)(H2,10,11,12). The van der Waals surface area contributed by atoms with Crippen LogP contribution in [0.4, 0.5) is 0 Å². The molecule has 2 atom stereocenters. The van der Waals surface area contributed by atoms with Gasteiger partial charge >= 0.3 is 27.3 Å². The average Bonchev–Trinajstić information content (AvgIpc) is 2.86. The van der Waals surface area contributed by atoms with E-state index in [0.29, 0.717) is 9.57 Å². The molecule has 16 nitrogen and oxygen atoms in total. The molecule has 1 aliphatic rings. The Balaban J connectivity index is 0.000000528. The largest absolute Gasteiger partial charge is 0.480 e. The van der Waals surface area contributed by atoms with Crippen LogP contribution in [0.15, 0.2) is 0 Å². The summed E-state index contributed by atoms with van der Waals surface area (Å²) in [7, 11) is -8.32. The van der Waals surface area contributed by atoms with Gasteiger partial charge in [0.15, 0.2) is 5.96 Å². The summed E-state index contributed by atoms with van der Waals surface area (Å²) in [6, 6.07) is -0.964. The van der Waals surface area contributed by atoms with Gasteiger partial charge in [0.05, 0.1) is 0 Å². The number of nitrogens with zero attached hydrogens (tertiary/aromatic N) is 3. The lowest BCUT2D eigenvalue weighted by molar-refractivity contribution is -0.141. The van der Waals surface area contributed by atoms with Gasteiger partial charge in [0.25, 0.3) is 0 Å². The maximum absolute atomic E-state index is 10.9. The molecule has 1 aliphatic heterocycles. The molecule has 162 valence electrons. The normalized spacial score (nSPS) is 16.7. The molecular formula is C10H22N6O10P2. The number of carboxylic acid groups (broad SMARTS) is 2. The lowest BCUT2D eigenvalue weighted by Crippen LogP contribution is -2.45. The number of hydrogen-bond acceptors (Lipinski definition) is 6. The zero-order valence-electron chi connectivity index (χ0n) is 14.7. The van der Waals surface area contributed by atoms with Gasteiger partial charge in [-0.3, -0.25) is 15.4 Å². The lowest BCUT2D eigenvalue weighted by atomic mass is 10.3. The van der Waals surface area contributed by atoms with Crippen molar-refractivity contribution in [3.63, 3.8) is 0 Å². The van der Waals surface area contributed by atoms with Crippen molar-refractivity contribution in [3.05, 3.63) is 0 Å². The van der Waals surface area contributed by atoms with E-state index in [1.165, 1.54) is 6.92 Å². The first-order chi connectivity index (χ1) is 12.4. The molecule has 0 radical (unpaired) electrons. The summed E-state index contributed by atoms with van der Waals surface area (Å²) in [6.07, 6.45) is 0. The molecule has 0 amide bonds. The number of nitrogens with two attached hydrogens (primary N) is 1. The van der Waals surface area contributed by atoms with Gasteiger partial charge in [-0.2, -0.15) is 0 Å². The second-order valence-electron chi connectivity index (χ2n) is 5.46. The molecule has 10 N–H and O–H groups in total. The zero-order valence-corrected chi connectivity index (χ0v) is 16.5. The fraction of sp³-hybridized carbons (Fsp3) is 0.600. The molecule has 1 rings (SSSR count). The first kappa shape index (κ1) is 25.8. The molecule has 28 heavy (non-hydrogen) atoms. The molecule has 1 heterocycles. The summed E-state index contributed by atoms with van der Waals surface area (Å²) < 4.78 is 22.1. The highest BCUT2D eigenvalue weighted by Crippen LogP contribution is 2.43. The molecule has 0 saturated carbocycles. The molecule has 0 aliphatic carbocycles. The molecular weight excluding hydrogens is 426 g/mol. The first-order valence-corrected chi connectivity index (χ1v) is 10.4. The first-order valence-electron chi connectivity index (χ1n) is 7.19. The van der Waals surface area contributed by atoms with E-state index >= 15 is 0 Å². The molecule has 0 bridgehead atoms. The zero-order chi connectivity index (χ0) is 22.6. The van der Waals surface area contributed by atoms with Crippen LogP contribution in [0.3, 0.4) is 0 Å². The fourth-order valence-electron chi connectivity index (χ4n) is 1.99. The number of nitrogens with one attached hydrogen (secondary N) is 2. The molecule has 0 spiro atoms. The number of likely N-dealkylation sites (N-methyl/N-ethyl adjacent to an activating group) is 1. The van der Waals surface area contributed by atoms with Gasteiger partial charge in [-0.1, -0.05) is 0 Å². The third kappa shape index (κ3) is 6.74. The molecule has 0 aromatic rings. The third-order valence-electron chi connectivity index (χ3n) is 3.49. The van der Waals surface area contributed by atoms with Crippen molar-refractivity contribution in [2.75, 3.05) is 20.1 Å². The SMILES string of the molecule is CC(C(=O)O)N1CCN(P(=O)(O)O)C1=N.CN(C(=N)N)C(C(=O)O)P(=O)(O)O. The summed E-state index contributed by atoms with van der Waals surface area (Å²) in [5.41, 5.74) is 4.87. The summed E-state index contributed by atoms with van der Waals surface area (Å²) >= 11 is 0. The molecule has 0 aromatic carbocycles. The number of hydrogen-bond donors (Lipinski definition) is 9. The van der Waals surface area contributed by atoms with Crippen LogP contribution >= 0.6 is 15.3 Å². The summed E-state index contributed by atoms with van der Waals surface area (Å²) in [5.74, 6) is -6.14. The quantitative estimate of drug-likeness (QED) is 0.115. The Labute approximate surface area is 158 Å². The second kappa shape index (κ2) is 9.32. The fourth-order valence-corrected chi connectivity index (χ4v) is 3.57. The minimum atomic E-state index is -4.84. The predicted molar refractivity (Wildman–Crippen MR) is 93.4 cm³/mol. The van der Waals surface area contributed by atoms with Crippen LogP contribution in [-0.2, 0) is 18.7 Å². The number of aliphatic carboxylic acids is 2. The van der Waals surface area contributed by atoms with E-state index in [1.807, 2.05) is 0 Å². The number of carbonyl (C=O) groups is 2. The minimum absolute atomic E-state index is 0.0409. The minimum Gasteiger partial charge on any atom is -0.480 e. The smallest absolute Gasteiger partial charge is 0.432 e. The molecule has 0 aromatic heterocycles. The van der Waals surface area contributed by atoms with E-state index in [4.69, 9.17) is 46.3 Å². The van der Waals surface area contributed by atoms with Crippen LogP contribution in [-0.4, -0.2) is 100 Å². The summed E-state index contributed by atoms with van der Waals surface area (Å²) in [4.78, 5) is 57.6. The van der Waals surface area contributed by atoms with Gasteiger partial charge in [-0.25, -0.2) is 18.8 Å². The Hall–Kier alpha value is -2.22. The molecule has 2 unspecified atom stereocenters. The van der Waals surface area contributed by atoms with Gasteiger partial charge in [0, 0.05) is 20.1 Å². The van der Waals surface area contributed by atoms with Gasteiger partial charge in [-0.05, 0) is 6.92 Å². The van der Waals surface area contributed by atoms with Gasteiger partial charge < -0.3 is 45.3 Å². The van der Waals surface area contributed by atoms with Gasteiger partial charge in [0.2, 0.25) is 11.7 Å². The van der Waals surface area contributed by atoms with E-state index in [9.17, 15) is 18.7 Å². The lowest BCUT2D eigenvalue weighted by Gasteiger charge is -2.24. The maximum Gasteiger partial charge on any atom is 0.432 e. The van der Waals surface area contributed by atoms with E-state index in [-0.39, 0.29) is 13.1 Å². The molecule has 18 heteroatoms. The predicted octanol–water partition coefficient (Wildman–Crippen LogP) is -2.50. The summed E-state index contributed by atoms with van der Waals surface area (Å²) in [6.45, 7) is 1.44. The van der Waals surface area contributed by atoms with Crippen molar-refractivity contribution < 1.29 is 48.5 Å². The van der Waals surface area contributed by atoms with Crippen LogP contribution in [0.25, 0.3) is 0 Å². The summed E-state index contributed by atoms with van der Waals surface area (Å²) in [5, 5.41) is 31.4. The number of rotatable bonds is 6. The van der Waals surface area contributed by atoms with Crippen molar-refractivity contribution in [2.24, 2.45) is 5.73 Å². The highest BCUT2D eigenvalue weighted by atomic mass is 31.2. The van der Waals surface area contributed by atoms with E-state index in [2.05, 4.69) is 0 Å². The Bertz CT molecular complexity index is 734.